The predicted molar refractivity (Wildman–Crippen MR) is 96.6 cm³/mol. The van der Waals surface area contributed by atoms with E-state index in [0.29, 0.717) is 11.8 Å². The third kappa shape index (κ3) is 3.02. The average Bonchev–Trinajstić information content (AvgIpc) is 3.21. The van der Waals surface area contributed by atoms with Crippen LogP contribution < -0.4 is 3.87 Å². The number of allylic oxidation sites excluding steroid dienone is 5. The first-order valence-electron chi connectivity index (χ1n) is 7.68. The van der Waals surface area contributed by atoms with Gasteiger partial charge in [-0.15, -0.1) is 0 Å². The molecule has 0 radical (unpaired) electrons. The molecule has 0 nitrogen and oxygen atoms in total. The van der Waals surface area contributed by atoms with Gasteiger partial charge in [0.1, 0.15) is 0 Å². The Hall–Kier alpha value is -1.05. The van der Waals surface area contributed by atoms with Crippen LogP contribution in [0.3, 0.4) is 0 Å². The molecule has 2 atom stereocenters. The van der Waals surface area contributed by atoms with Gasteiger partial charge >= 0.3 is 151 Å². The summed E-state index contributed by atoms with van der Waals surface area (Å²) in [5.41, 5.74) is 5.29. The summed E-state index contributed by atoms with van der Waals surface area (Å²) in [6.07, 6.45) is 11.5. The first kappa shape index (κ1) is 15.5. The molecule has 2 unspecified atom stereocenters. The van der Waals surface area contributed by atoms with Crippen molar-refractivity contribution in [2.24, 2.45) is 5.92 Å². The summed E-state index contributed by atoms with van der Waals surface area (Å²) in [5.74, 6) is 0.873. The minimum absolute atomic E-state index is 0.426. The normalized spacial score (nSPS) is 21.4. The topological polar surface area (TPSA) is 0 Å². The molecule has 0 saturated carbocycles. The first-order chi connectivity index (χ1) is 11.2. The molecule has 2 aromatic carbocycles. The Morgan fingerprint density at radius 2 is 1.61 bits per heavy atom. The Labute approximate surface area is 150 Å². The second-order valence-electron chi connectivity index (χ2n) is 5.91. The van der Waals surface area contributed by atoms with E-state index in [-0.39, 0.29) is 0 Å². The summed E-state index contributed by atoms with van der Waals surface area (Å²) < 4.78 is 1.10. The molecule has 0 saturated heterocycles. The zero-order chi connectivity index (χ0) is 15.8. The van der Waals surface area contributed by atoms with E-state index in [2.05, 4.69) is 78.9 Å². The number of hydrogen-bond donors (Lipinski definition) is 0. The second-order valence-corrected chi connectivity index (χ2v) is 11.5. The molecule has 0 heterocycles. The van der Waals surface area contributed by atoms with E-state index in [1.807, 2.05) is 0 Å². The number of rotatable bonds is 3. The van der Waals surface area contributed by atoms with E-state index in [9.17, 15) is 0 Å². The third-order valence-corrected chi connectivity index (χ3v) is 7.56. The van der Waals surface area contributed by atoms with Crippen LogP contribution in [0.1, 0.15) is 22.6 Å². The van der Waals surface area contributed by atoms with E-state index in [0.717, 1.165) is 3.87 Å². The van der Waals surface area contributed by atoms with Gasteiger partial charge in [0.15, 0.2) is 0 Å². The van der Waals surface area contributed by atoms with Crippen LogP contribution in [0.4, 0.5) is 0 Å². The predicted octanol–water partition coefficient (Wildman–Crippen LogP) is 5.62. The fourth-order valence-electron chi connectivity index (χ4n) is 3.35. The Morgan fingerprint density at radius 1 is 0.826 bits per heavy atom. The maximum absolute atomic E-state index is 6.07. The molecular weight excluding hydrogens is 359 g/mol. The Balaban J connectivity index is 1.59. The summed E-state index contributed by atoms with van der Waals surface area (Å²) in [4.78, 5) is 0. The quantitative estimate of drug-likeness (QED) is 0.612. The number of benzene rings is 2. The fraction of sp³-hybridized carbons (Fsp3) is 0.100. The van der Waals surface area contributed by atoms with Crippen molar-refractivity contribution in [3.63, 3.8) is 0 Å². The summed E-state index contributed by atoms with van der Waals surface area (Å²) in [5, 5.41) is 0. The molecule has 0 spiro atoms. The molecule has 0 fully saturated rings. The van der Waals surface area contributed by atoms with E-state index < -0.39 is 15.7 Å². The standard InChI is InChI=1S/C20H15.2ClH.Ti/c1-2-6-15(7-3-1)17-10-11-18(14-17)20-13-12-16-8-4-5-9-19(16)20;;;/h2-14,18,20H;2*1H;/q;;;+2/p-2. The van der Waals surface area contributed by atoms with Gasteiger partial charge in [0, 0.05) is 0 Å². The van der Waals surface area contributed by atoms with E-state index >= 15 is 0 Å². The molecule has 0 aromatic heterocycles. The molecule has 0 aliphatic heterocycles. The Kier molecular flexibility index (Phi) is 4.34. The van der Waals surface area contributed by atoms with Crippen molar-refractivity contribution in [3.05, 3.63) is 89.5 Å². The van der Waals surface area contributed by atoms with Crippen LogP contribution in [0.2, 0.25) is 0 Å². The SMILES string of the molecule is [Cl][Ti]([Cl])[c]1ccc(C2=CC(C3C=Cc4ccccc43)C=C2)cc1. The van der Waals surface area contributed by atoms with Crippen molar-refractivity contribution < 1.29 is 15.7 Å². The molecule has 2 aliphatic rings. The monoisotopic (exact) mass is 373 g/mol. The zero-order valence-corrected chi connectivity index (χ0v) is 15.5. The summed E-state index contributed by atoms with van der Waals surface area (Å²) in [7, 11) is 12.1. The van der Waals surface area contributed by atoms with Crippen LogP contribution in [0, 0.1) is 5.92 Å². The van der Waals surface area contributed by atoms with Crippen LogP contribution in [0.5, 0.6) is 0 Å². The molecule has 113 valence electrons. The van der Waals surface area contributed by atoms with Gasteiger partial charge < -0.3 is 0 Å². The Bertz CT molecular complexity index is 816. The van der Waals surface area contributed by atoms with Gasteiger partial charge in [0.2, 0.25) is 0 Å². The summed E-state index contributed by atoms with van der Waals surface area (Å²) in [6, 6.07) is 17.0. The Morgan fingerprint density at radius 3 is 2.39 bits per heavy atom. The third-order valence-electron chi connectivity index (χ3n) is 4.56. The van der Waals surface area contributed by atoms with Crippen molar-refractivity contribution in [1.82, 2.24) is 0 Å². The molecule has 23 heavy (non-hydrogen) atoms. The van der Waals surface area contributed by atoms with Gasteiger partial charge in [0.25, 0.3) is 0 Å². The van der Waals surface area contributed by atoms with Gasteiger partial charge in [-0.3, -0.25) is 0 Å². The molecule has 4 rings (SSSR count). The van der Waals surface area contributed by atoms with Crippen LogP contribution in [-0.4, -0.2) is 0 Å². The van der Waals surface area contributed by atoms with Gasteiger partial charge in [0.05, 0.1) is 0 Å². The van der Waals surface area contributed by atoms with Crippen molar-refractivity contribution in [1.29, 1.82) is 0 Å². The van der Waals surface area contributed by atoms with Gasteiger partial charge in [-0.1, -0.05) is 0 Å². The van der Waals surface area contributed by atoms with Gasteiger partial charge in [-0.05, 0) is 0 Å². The molecule has 0 amide bonds. The number of fused-ring (bicyclic) bond motifs is 1. The van der Waals surface area contributed by atoms with E-state index in [4.69, 9.17) is 18.6 Å². The molecular formula is C20H15Cl2Ti. The summed E-state index contributed by atoms with van der Waals surface area (Å²) >= 11 is -2.01. The molecule has 3 heteroatoms. The first-order valence-corrected chi connectivity index (χ1v) is 12.8. The maximum atomic E-state index is 6.07. The van der Waals surface area contributed by atoms with Crippen molar-refractivity contribution in [2.45, 2.75) is 5.92 Å². The van der Waals surface area contributed by atoms with Gasteiger partial charge in [-0.2, -0.15) is 0 Å². The van der Waals surface area contributed by atoms with Crippen molar-refractivity contribution in [3.8, 4) is 0 Å². The second kappa shape index (κ2) is 6.45. The molecule has 2 aromatic rings. The van der Waals surface area contributed by atoms with Crippen molar-refractivity contribution in [2.75, 3.05) is 0 Å². The van der Waals surface area contributed by atoms with Crippen LogP contribution in [0.15, 0.2) is 72.8 Å². The van der Waals surface area contributed by atoms with E-state index in [1.165, 1.54) is 22.3 Å². The van der Waals surface area contributed by atoms with Crippen LogP contribution in [0.25, 0.3) is 11.6 Å². The number of halogens is 2. The zero-order valence-electron chi connectivity index (χ0n) is 12.4. The van der Waals surface area contributed by atoms with Crippen molar-refractivity contribution >= 4 is 34.1 Å². The molecule has 2 aliphatic carbocycles. The van der Waals surface area contributed by atoms with E-state index in [1.54, 1.807) is 0 Å². The molecule has 0 N–H and O–H groups in total. The number of hydrogen-bond acceptors (Lipinski definition) is 0. The van der Waals surface area contributed by atoms with Crippen LogP contribution >= 0.6 is 18.6 Å². The molecule has 0 bridgehead atoms. The minimum atomic E-state index is -2.01. The van der Waals surface area contributed by atoms with Gasteiger partial charge in [-0.25, -0.2) is 0 Å². The average molecular weight is 374 g/mol. The van der Waals surface area contributed by atoms with Crippen LogP contribution in [-0.2, 0) is 15.7 Å². The fourth-order valence-corrected chi connectivity index (χ4v) is 5.04. The summed E-state index contributed by atoms with van der Waals surface area (Å²) in [6.45, 7) is 0.